The summed E-state index contributed by atoms with van der Waals surface area (Å²) in [5, 5.41) is 0. The van der Waals surface area contributed by atoms with Crippen molar-refractivity contribution in [3.63, 3.8) is 0 Å². The van der Waals surface area contributed by atoms with E-state index >= 15 is 0 Å². The second-order valence-electron chi connectivity index (χ2n) is 9.41. The van der Waals surface area contributed by atoms with Crippen LogP contribution < -0.4 is 9.44 Å². The summed E-state index contributed by atoms with van der Waals surface area (Å²) in [5.41, 5.74) is 4.27. The Labute approximate surface area is 202 Å². The van der Waals surface area contributed by atoms with Gasteiger partial charge in [-0.15, -0.1) is 0 Å². The van der Waals surface area contributed by atoms with Crippen molar-refractivity contribution >= 4 is 32.2 Å². The number of allylic oxidation sites excluding steroid dienone is 2. The van der Waals surface area contributed by atoms with E-state index in [2.05, 4.69) is 9.44 Å². The highest BCUT2D eigenvalue weighted by atomic mass is 32.2. The lowest BCUT2D eigenvalue weighted by Crippen LogP contribution is -2.44. The van der Waals surface area contributed by atoms with Crippen LogP contribution in [0.5, 0.6) is 0 Å². The first kappa shape index (κ1) is 23.5. The Morgan fingerprint density at radius 3 is 1.35 bits per heavy atom. The highest BCUT2D eigenvalue weighted by Gasteiger charge is 2.31. The van der Waals surface area contributed by atoms with Crippen LogP contribution >= 0.6 is 0 Å². The van der Waals surface area contributed by atoms with E-state index in [1.807, 2.05) is 48.5 Å². The molecule has 0 unspecified atom stereocenters. The highest BCUT2D eigenvalue weighted by molar-refractivity contribution is 7.93. The molecular formula is C26H30N2O4S2. The summed E-state index contributed by atoms with van der Waals surface area (Å²) < 4.78 is 57.7. The van der Waals surface area contributed by atoms with E-state index in [1.54, 1.807) is 12.2 Å². The van der Waals surface area contributed by atoms with E-state index < -0.39 is 20.0 Å². The monoisotopic (exact) mass is 498 g/mol. The normalized spacial score (nSPS) is 22.8. The quantitative estimate of drug-likeness (QED) is 0.627. The molecule has 1 fully saturated rings. The van der Waals surface area contributed by atoms with Crippen molar-refractivity contribution in [2.45, 2.75) is 63.5 Å². The smallest absolute Gasteiger partial charge is 0.208 e. The van der Waals surface area contributed by atoms with Gasteiger partial charge in [-0.05, 0) is 85.8 Å². The number of aryl methyl sites for hydroxylation is 2. The highest BCUT2D eigenvalue weighted by Crippen LogP contribution is 2.30. The molecular weight excluding hydrogens is 468 g/mol. The van der Waals surface area contributed by atoms with Crippen LogP contribution in [0, 0.1) is 0 Å². The maximum absolute atomic E-state index is 13.0. The minimum Gasteiger partial charge on any atom is -0.208 e. The molecule has 180 valence electrons. The van der Waals surface area contributed by atoms with E-state index in [0.717, 1.165) is 24.0 Å². The molecule has 0 saturated heterocycles. The molecule has 0 bridgehead atoms. The van der Waals surface area contributed by atoms with Gasteiger partial charge in [0.2, 0.25) is 20.0 Å². The van der Waals surface area contributed by atoms with Gasteiger partial charge in [-0.3, -0.25) is 0 Å². The average Bonchev–Trinajstić information content (AvgIpc) is 2.84. The van der Waals surface area contributed by atoms with Crippen molar-refractivity contribution in [1.29, 1.82) is 0 Å². The zero-order valence-corrected chi connectivity index (χ0v) is 20.7. The van der Waals surface area contributed by atoms with Crippen LogP contribution in [-0.4, -0.2) is 28.9 Å². The van der Waals surface area contributed by atoms with Crippen molar-refractivity contribution in [2.24, 2.45) is 0 Å². The van der Waals surface area contributed by atoms with Crippen molar-refractivity contribution in [3.8, 4) is 0 Å². The summed E-state index contributed by atoms with van der Waals surface area (Å²) in [5.74, 6) is 0. The fraction of sp³-hybridized carbons (Fsp3) is 0.385. The molecule has 3 aliphatic carbocycles. The SMILES string of the molecule is O=S(=O)(NC1CCC(NS(=O)(=O)C2=Cc3ccccc3CC2)CC1)C1=Cc2ccccc2CC1. The summed E-state index contributed by atoms with van der Waals surface area (Å²) in [7, 11) is -7.12. The second-order valence-corrected chi connectivity index (χ2v) is 12.9. The molecule has 0 atom stereocenters. The lowest BCUT2D eigenvalue weighted by molar-refractivity contribution is 0.357. The molecule has 0 amide bonds. The molecule has 2 N–H and O–H groups in total. The molecule has 1 saturated carbocycles. The Bertz CT molecular complexity index is 1250. The van der Waals surface area contributed by atoms with E-state index in [1.165, 1.54) is 11.1 Å². The van der Waals surface area contributed by atoms with Crippen molar-refractivity contribution < 1.29 is 16.8 Å². The summed E-state index contributed by atoms with van der Waals surface area (Å²) in [6.07, 6.45) is 8.43. The Morgan fingerprint density at radius 2 is 0.941 bits per heavy atom. The maximum Gasteiger partial charge on any atom is 0.236 e. The molecule has 6 nitrogen and oxygen atoms in total. The zero-order valence-electron chi connectivity index (χ0n) is 19.0. The number of sulfonamides is 2. The van der Waals surface area contributed by atoms with Gasteiger partial charge >= 0.3 is 0 Å². The molecule has 0 aromatic heterocycles. The molecule has 5 rings (SSSR count). The van der Waals surface area contributed by atoms with Gasteiger partial charge in [0.05, 0.1) is 9.81 Å². The molecule has 2 aromatic rings. The van der Waals surface area contributed by atoms with Gasteiger partial charge in [-0.1, -0.05) is 48.5 Å². The van der Waals surface area contributed by atoms with Crippen molar-refractivity contribution in [2.75, 3.05) is 0 Å². The Kier molecular flexibility index (Phi) is 6.50. The van der Waals surface area contributed by atoms with Crippen LogP contribution in [0.4, 0.5) is 0 Å². The van der Waals surface area contributed by atoms with Crippen LogP contribution in [0.15, 0.2) is 58.3 Å². The first-order chi connectivity index (χ1) is 16.3. The molecule has 0 aliphatic heterocycles. The topological polar surface area (TPSA) is 92.3 Å². The van der Waals surface area contributed by atoms with Crippen molar-refractivity contribution in [1.82, 2.24) is 9.44 Å². The van der Waals surface area contributed by atoms with Gasteiger partial charge < -0.3 is 0 Å². The van der Waals surface area contributed by atoms with Crippen LogP contribution in [0.1, 0.15) is 60.8 Å². The molecule has 2 aromatic carbocycles. The molecule has 8 heteroatoms. The predicted octanol–water partition coefficient (Wildman–Crippen LogP) is 4.11. The van der Waals surface area contributed by atoms with Crippen LogP contribution in [0.2, 0.25) is 0 Å². The van der Waals surface area contributed by atoms with Gasteiger partial charge in [0.15, 0.2) is 0 Å². The lowest BCUT2D eigenvalue weighted by Gasteiger charge is -2.30. The molecule has 0 radical (unpaired) electrons. The third-order valence-electron chi connectivity index (χ3n) is 7.09. The number of fused-ring (bicyclic) bond motifs is 2. The van der Waals surface area contributed by atoms with Crippen LogP contribution in [0.3, 0.4) is 0 Å². The van der Waals surface area contributed by atoms with Gasteiger partial charge in [0.1, 0.15) is 0 Å². The largest absolute Gasteiger partial charge is 0.236 e. The first-order valence-corrected chi connectivity index (χ1v) is 14.9. The third kappa shape index (κ3) is 5.05. The summed E-state index contributed by atoms with van der Waals surface area (Å²) >= 11 is 0. The predicted molar refractivity (Wildman–Crippen MR) is 136 cm³/mol. The summed E-state index contributed by atoms with van der Waals surface area (Å²) in [6, 6.07) is 15.4. The second kappa shape index (κ2) is 9.41. The number of hydrogen-bond acceptors (Lipinski definition) is 4. The number of hydrogen-bond donors (Lipinski definition) is 2. The molecule has 0 spiro atoms. The van der Waals surface area contributed by atoms with Gasteiger partial charge in [-0.25, -0.2) is 26.3 Å². The van der Waals surface area contributed by atoms with Crippen LogP contribution in [0.25, 0.3) is 12.2 Å². The molecule has 3 aliphatic rings. The maximum atomic E-state index is 13.0. The summed E-state index contributed by atoms with van der Waals surface area (Å²) in [4.78, 5) is 0.858. The minimum absolute atomic E-state index is 0.176. The van der Waals surface area contributed by atoms with Crippen molar-refractivity contribution in [3.05, 3.63) is 80.6 Å². The molecule has 34 heavy (non-hydrogen) atoms. The summed E-state index contributed by atoms with van der Waals surface area (Å²) in [6.45, 7) is 0. The van der Waals surface area contributed by atoms with Gasteiger partial charge in [0.25, 0.3) is 0 Å². The standard InChI is InChI=1S/C26H30N2O4S2/c29-33(30,25-15-9-19-5-1-3-7-21(19)17-25)27-23-11-13-24(14-12-23)28-34(31,32)26-16-10-20-6-2-4-8-22(20)18-26/h1-8,17-18,23-24,27-28H,9-16H2. The fourth-order valence-corrected chi connectivity index (χ4v) is 8.11. The van der Waals surface area contributed by atoms with E-state index in [9.17, 15) is 16.8 Å². The first-order valence-electron chi connectivity index (χ1n) is 11.9. The van der Waals surface area contributed by atoms with E-state index in [0.29, 0.717) is 48.3 Å². The molecule has 0 heterocycles. The van der Waals surface area contributed by atoms with E-state index in [4.69, 9.17) is 0 Å². The Hall–Kier alpha value is -2.26. The average molecular weight is 499 g/mol. The lowest BCUT2D eigenvalue weighted by atomic mass is 9.92. The fourth-order valence-electron chi connectivity index (χ4n) is 5.16. The zero-order chi connectivity index (χ0) is 23.8. The van der Waals surface area contributed by atoms with Crippen LogP contribution in [-0.2, 0) is 32.9 Å². The number of rotatable bonds is 6. The number of nitrogens with one attached hydrogen (secondary N) is 2. The van der Waals surface area contributed by atoms with Gasteiger partial charge in [0, 0.05) is 12.1 Å². The van der Waals surface area contributed by atoms with E-state index in [-0.39, 0.29) is 12.1 Å². The Morgan fingerprint density at radius 1 is 0.559 bits per heavy atom. The third-order valence-corrected chi connectivity index (χ3v) is 10.4. The van der Waals surface area contributed by atoms with Gasteiger partial charge in [-0.2, -0.15) is 0 Å². The Balaban J connectivity index is 1.19. The number of benzene rings is 2. The minimum atomic E-state index is -3.56.